The third-order valence-electron chi connectivity index (χ3n) is 1.79. The molecule has 0 heterocycles. The lowest BCUT2D eigenvalue weighted by Gasteiger charge is -2.27. The van der Waals surface area contributed by atoms with Crippen LogP contribution in [0.25, 0.3) is 0 Å². The van der Waals surface area contributed by atoms with Crippen molar-refractivity contribution in [1.29, 1.82) is 0 Å². The van der Waals surface area contributed by atoms with Crippen LogP contribution >= 0.6 is 0 Å². The Hall–Kier alpha value is -0.300. The molecule has 0 amide bonds. The third-order valence-corrected chi connectivity index (χ3v) is 1.79. The van der Waals surface area contributed by atoms with Crippen LogP contribution in [0.5, 0.6) is 0 Å². The van der Waals surface area contributed by atoms with Crippen LogP contribution < -0.4 is 0 Å². The summed E-state index contributed by atoms with van der Waals surface area (Å²) in [7, 11) is 4.48. The molecule has 0 saturated heterocycles. The molecule has 0 unspecified atom stereocenters. The first kappa shape index (κ1) is 8.70. The van der Waals surface area contributed by atoms with Crippen molar-refractivity contribution in [2.75, 3.05) is 27.2 Å². The van der Waals surface area contributed by atoms with Gasteiger partial charge in [0.1, 0.15) is 0 Å². The molecular weight excluding hydrogens is 110 g/mol. The Morgan fingerprint density at radius 1 is 1.44 bits per heavy atom. The van der Waals surface area contributed by atoms with Gasteiger partial charge in [-0.15, -0.1) is 6.58 Å². The second-order valence-electron chi connectivity index (χ2n) is 3.05. The Balaban J connectivity index is 3.44. The second-order valence-corrected chi connectivity index (χ2v) is 3.05. The fourth-order valence-electron chi connectivity index (χ4n) is 0.599. The van der Waals surface area contributed by atoms with Crippen molar-refractivity contribution < 1.29 is 4.48 Å². The Morgan fingerprint density at radius 2 is 2.00 bits per heavy atom. The van der Waals surface area contributed by atoms with Gasteiger partial charge in [-0.25, -0.2) is 0 Å². The van der Waals surface area contributed by atoms with Crippen LogP contribution in [0.15, 0.2) is 12.7 Å². The molecule has 9 heavy (non-hydrogen) atoms. The average Bonchev–Trinajstić information content (AvgIpc) is 1.84. The normalized spacial score (nSPS) is 11.4. The summed E-state index contributed by atoms with van der Waals surface area (Å²) >= 11 is 0. The summed E-state index contributed by atoms with van der Waals surface area (Å²) in [6.07, 6.45) is 3.11. The Morgan fingerprint density at radius 3 is 2.33 bits per heavy atom. The minimum Gasteiger partial charge on any atom is -0.328 e. The second kappa shape index (κ2) is 3.67. The maximum Gasteiger partial charge on any atom is 0.0817 e. The Labute approximate surface area is 58.6 Å². The molecule has 0 aliphatic rings. The zero-order chi connectivity index (χ0) is 7.33. The first-order chi connectivity index (χ1) is 4.12. The predicted molar refractivity (Wildman–Crippen MR) is 42.3 cm³/mol. The fraction of sp³-hybridized carbons (Fsp3) is 0.750. The highest BCUT2D eigenvalue weighted by molar-refractivity contribution is 4.64. The maximum absolute atomic E-state index is 3.69. The molecule has 0 aromatic carbocycles. The molecule has 0 aromatic heterocycles. The van der Waals surface area contributed by atoms with E-state index in [2.05, 4.69) is 27.6 Å². The van der Waals surface area contributed by atoms with Crippen LogP contribution in [0.2, 0.25) is 0 Å². The van der Waals surface area contributed by atoms with E-state index in [1.807, 2.05) is 6.08 Å². The van der Waals surface area contributed by atoms with E-state index in [1.54, 1.807) is 0 Å². The topological polar surface area (TPSA) is 0 Å². The van der Waals surface area contributed by atoms with Crippen molar-refractivity contribution in [2.45, 2.75) is 13.3 Å². The number of quaternary nitrogens is 1. The molecular formula is C8H18N+. The van der Waals surface area contributed by atoms with Gasteiger partial charge in [0.25, 0.3) is 0 Å². The summed E-state index contributed by atoms with van der Waals surface area (Å²) < 4.78 is 1.10. The van der Waals surface area contributed by atoms with Crippen molar-refractivity contribution in [2.24, 2.45) is 0 Å². The van der Waals surface area contributed by atoms with Crippen molar-refractivity contribution in [3.05, 3.63) is 12.7 Å². The highest BCUT2D eigenvalue weighted by atomic mass is 15.3. The summed E-state index contributed by atoms with van der Waals surface area (Å²) in [6, 6.07) is 0. The molecule has 0 radical (unpaired) electrons. The molecule has 1 heteroatoms. The van der Waals surface area contributed by atoms with Crippen molar-refractivity contribution >= 4 is 0 Å². The average molecular weight is 128 g/mol. The van der Waals surface area contributed by atoms with Gasteiger partial charge < -0.3 is 4.48 Å². The van der Waals surface area contributed by atoms with E-state index in [9.17, 15) is 0 Å². The highest BCUT2D eigenvalue weighted by Crippen LogP contribution is 1.97. The molecule has 0 rings (SSSR count). The maximum atomic E-state index is 3.69. The van der Waals surface area contributed by atoms with Crippen LogP contribution in [0.3, 0.4) is 0 Å². The minimum absolute atomic E-state index is 1.10. The molecule has 1 nitrogen and oxygen atoms in total. The van der Waals surface area contributed by atoms with Crippen LogP contribution in [-0.2, 0) is 0 Å². The molecule has 0 aliphatic heterocycles. The lowest BCUT2D eigenvalue weighted by atomic mass is 10.3. The lowest BCUT2D eigenvalue weighted by Crippen LogP contribution is -2.39. The van der Waals surface area contributed by atoms with Gasteiger partial charge in [-0.05, 0) is 6.92 Å². The predicted octanol–water partition coefficient (Wildman–Crippen LogP) is 1.66. The fourth-order valence-corrected chi connectivity index (χ4v) is 0.599. The molecule has 0 aliphatic carbocycles. The summed E-state index contributed by atoms with van der Waals surface area (Å²) in [5, 5.41) is 0. The molecule has 0 bridgehead atoms. The Kier molecular flexibility index (Phi) is 3.55. The van der Waals surface area contributed by atoms with E-state index in [0.717, 1.165) is 10.9 Å². The van der Waals surface area contributed by atoms with Gasteiger partial charge in [0.2, 0.25) is 0 Å². The van der Waals surface area contributed by atoms with E-state index < -0.39 is 0 Å². The van der Waals surface area contributed by atoms with Gasteiger partial charge in [-0.1, -0.05) is 6.08 Å². The minimum atomic E-state index is 1.10. The van der Waals surface area contributed by atoms with Crippen molar-refractivity contribution in [1.82, 2.24) is 0 Å². The molecule has 0 saturated carbocycles. The van der Waals surface area contributed by atoms with Crippen LogP contribution in [0.1, 0.15) is 13.3 Å². The Bertz CT molecular complexity index is 84.6. The monoisotopic (exact) mass is 128 g/mol. The summed E-state index contributed by atoms with van der Waals surface area (Å²) in [6.45, 7) is 8.31. The molecule has 0 spiro atoms. The van der Waals surface area contributed by atoms with Crippen LogP contribution in [0, 0.1) is 0 Å². The first-order valence-corrected chi connectivity index (χ1v) is 3.55. The zero-order valence-corrected chi connectivity index (χ0v) is 6.85. The molecule has 0 fully saturated rings. The van der Waals surface area contributed by atoms with E-state index in [4.69, 9.17) is 0 Å². The quantitative estimate of drug-likeness (QED) is 0.399. The first-order valence-electron chi connectivity index (χ1n) is 3.55. The molecule has 0 N–H and O–H groups in total. The smallest absolute Gasteiger partial charge is 0.0817 e. The van der Waals surface area contributed by atoms with Gasteiger partial charge in [-0.2, -0.15) is 0 Å². The van der Waals surface area contributed by atoms with Crippen LogP contribution in [-0.4, -0.2) is 31.7 Å². The number of rotatable bonds is 4. The number of nitrogens with zero attached hydrogens (tertiary/aromatic N) is 1. The van der Waals surface area contributed by atoms with Gasteiger partial charge in [-0.3, -0.25) is 0 Å². The standard InChI is InChI=1S/C8H18N/c1-5-7-8-9(3,4)6-2/h5H,1,6-8H2,2-4H3/q+1. The van der Waals surface area contributed by atoms with Crippen molar-refractivity contribution in [3.63, 3.8) is 0 Å². The SMILES string of the molecule is C=CCC[N+](C)(C)CC. The van der Waals surface area contributed by atoms with Gasteiger partial charge in [0.05, 0.1) is 27.2 Å². The molecule has 0 aromatic rings. The van der Waals surface area contributed by atoms with E-state index in [0.29, 0.717) is 0 Å². The zero-order valence-electron chi connectivity index (χ0n) is 6.85. The highest BCUT2D eigenvalue weighted by Gasteiger charge is 2.08. The van der Waals surface area contributed by atoms with E-state index in [1.165, 1.54) is 13.1 Å². The van der Waals surface area contributed by atoms with E-state index >= 15 is 0 Å². The van der Waals surface area contributed by atoms with Gasteiger partial charge >= 0.3 is 0 Å². The third kappa shape index (κ3) is 4.22. The van der Waals surface area contributed by atoms with E-state index in [-0.39, 0.29) is 0 Å². The molecule has 0 atom stereocenters. The van der Waals surface area contributed by atoms with Gasteiger partial charge in [0.15, 0.2) is 0 Å². The van der Waals surface area contributed by atoms with Crippen LogP contribution in [0.4, 0.5) is 0 Å². The molecule has 54 valence electrons. The lowest BCUT2D eigenvalue weighted by molar-refractivity contribution is -0.888. The van der Waals surface area contributed by atoms with Crippen molar-refractivity contribution in [3.8, 4) is 0 Å². The largest absolute Gasteiger partial charge is 0.328 e. The summed E-state index contributed by atoms with van der Waals surface area (Å²) in [4.78, 5) is 0. The van der Waals surface area contributed by atoms with Gasteiger partial charge in [0, 0.05) is 6.42 Å². The number of hydrogen-bond donors (Lipinski definition) is 0. The summed E-state index contributed by atoms with van der Waals surface area (Å²) in [5.41, 5.74) is 0. The number of hydrogen-bond acceptors (Lipinski definition) is 0. The summed E-state index contributed by atoms with van der Waals surface area (Å²) in [5.74, 6) is 0.